The molecule has 7 heteroatoms. The Morgan fingerprint density at radius 1 is 1.10 bits per heavy atom. The molecule has 1 aromatic carbocycles. The van der Waals surface area contributed by atoms with Gasteiger partial charge in [-0.3, -0.25) is 10.1 Å². The number of carbonyl (C=O) groups excluding carboxylic acids is 1. The second kappa shape index (κ2) is 6.33. The van der Waals surface area contributed by atoms with Gasteiger partial charge in [0.05, 0.1) is 20.3 Å². The number of nitrogens with one attached hydrogen (secondary N) is 1. The quantitative estimate of drug-likeness (QED) is 0.927. The first-order valence-corrected chi connectivity index (χ1v) is 6.45. The predicted octanol–water partition coefficient (Wildman–Crippen LogP) is 2.51. The van der Waals surface area contributed by atoms with Crippen molar-refractivity contribution in [3.63, 3.8) is 0 Å². The van der Waals surface area contributed by atoms with E-state index in [0.29, 0.717) is 17.3 Å². The normalized spacial score (nSPS) is 9.95. The topological polar surface area (TPSA) is 73.3 Å². The largest absolute Gasteiger partial charge is 0.481 e. The van der Waals surface area contributed by atoms with Crippen LogP contribution in [0.1, 0.15) is 10.4 Å². The van der Waals surface area contributed by atoms with Crippen LogP contribution in [0.2, 0.25) is 0 Å². The fraction of sp³-hybridized carbons (Fsp3) is 0.154. The van der Waals surface area contributed by atoms with Gasteiger partial charge in [0.25, 0.3) is 5.91 Å². The molecular formula is C13H12BrN3O3. The third-order valence-corrected chi connectivity index (χ3v) is 2.96. The van der Waals surface area contributed by atoms with Crippen LogP contribution in [-0.4, -0.2) is 30.1 Å². The average molecular weight is 338 g/mol. The lowest BCUT2D eigenvalue weighted by atomic mass is 10.2. The maximum absolute atomic E-state index is 12.0. The number of rotatable bonds is 4. The second-order valence-corrected chi connectivity index (χ2v) is 4.65. The lowest BCUT2D eigenvalue weighted by Gasteiger charge is -2.07. The standard InChI is InChI=1S/C13H12BrN3O3/c1-19-10-7-11(20-2)16-13(15-10)17-12(18)8-3-5-9(14)6-4-8/h3-7H,1-2H3,(H,15,16,17,18). The van der Waals surface area contributed by atoms with E-state index in [0.717, 1.165) is 4.47 Å². The van der Waals surface area contributed by atoms with Gasteiger partial charge >= 0.3 is 0 Å². The highest BCUT2D eigenvalue weighted by atomic mass is 79.9. The van der Waals surface area contributed by atoms with Gasteiger partial charge in [0.15, 0.2) is 0 Å². The Hall–Kier alpha value is -2.15. The van der Waals surface area contributed by atoms with Crippen molar-refractivity contribution in [2.75, 3.05) is 19.5 Å². The molecule has 2 rings (SSSR count). The summed E-state index contributed by atoms with van der Waals surface area (Å²) < 4.78 is 10.9. The molecule has 0 atom stereocenters. The predicted molar refractivity (Wildman–Crippen MR) is 77.2 cm³/mol. The smallest absolute Gasteiger partial charge is 0.258 e. The van der Waals surface area contributed by atoms with Gasteiger partial charge in [0, 0.05) is 10.0 Å². The minimum atomic E-state index is -0.312. The fourth-order valence-electron chi connectivity index (χ4n) is 1.44. The number of methoxy groups -OCH3 is 2. The first kappa shape index (κ1) is 14.3. The molecule has 0 saturated heterocycles. The number of hydrogen-bond donors (Lipinski definition) is 1. The van der Waals surface area contributed by atoms with Crippen LogP contribution >= 0.6 is 15.9 Å². The summed E-state index contributed by atoms with van der Waals surface area (Å²) in [6, 6.07) is 8.47. The van der Waals surface area contributed by atoms with Gasteiger partial charge in [-0.2, -0.15) is 9.97 Å². The molecule has 20 heavy (non-hydrogen) atoms. The van der Waals surface area contributed by atoms with Gasteiger partial charge < -0.3 is 9.47 Å². The van der Waals surface area contributed by atoms with E-state index in [1.807, 2.05) is 0 Å². The highest BCUT2D eigenvalue weighted by Crippen LogP contribution is 2.18. The van der Waals surface area contributed by atoms with Gasteiger partial charge in [-0.25, -0.2) is 0 Å². The van der Waals surface area contributed by atoms with Crippen LogP contribution in [0, 0.1) is 0 Å². The maximum Gasteiger partial charge on any atom is 0.258 e. The van der Waals surface area contributed by atoms with Crippen molar-refractivity contribution in [3.05, 3.63) is 40.4 Å². The summed E-state index contributed by atoms with van der Waals surface area (Å²) in [7, 11) is 2.95. The number of halogens is 1. The summed E-state index contributed by atoms with van der Waals surface area (Å²) in [5, 5.41) is 2.59. The number of anilines is 1. The van der Waals surface area contributed by atoms with E-state index in [4.69, 9.17) is 9.47 Å². The van der Waals surface area contributed by atoms with E-state index in [2.05, 4.69) is 31.2 Å². The van der Waals surface area contributed by atoms with E-state index in [1.165, 1.54) is 20.3 Å². The van der Waals surface area contributed by atoms with E-state index >= 15 is 0 Å². The monoisotopic (exact) mass is 337 g/mol. The van der Waals surface area contributed by atoms with Crippen molar-refractivity contribution in [1.29, 1.82) is 0 Å². The Kier molecular flexibility index (Phi) is 4.52. The van der Waals surface area contributed by atoms with Crippen molar-refractivity contribution in [3.8, 4) is 11.8 Å². The van der Waals surface area contributed by atoms with Crippen LogP contribution in [0.5, 0.6) is 11.8 Å². The summed E-state index contributed by atoms with van der Waals surface area (Å²) in [6.45, 7) is 0. The van der Waals surface area contributed by atoms with Crippen molar-refractivity contribution in [2.24, 2.45) is 0 Å². The first-order valence-electron chi connectivity index (χ1n) is 5.66. The lowest BCUT2D eigenvalue weighted by molar-refractivity contribution is 0.102. The van der Waals surface area contributed by atoms with E-state index < -0.39 is 0 Å². The van der Waals surface area contributed by atoms with Crippen LogP contribution in [-0.2, 0) is 0 Å². The Balaban J connectivity index is 2.20. The minimum Gasteiger partial charge on any atom is -0.481 e. The highest BCUT2D eigenvalue weighted by Gasteiger charge is 2.10. The van der Waals surface area contributed by atoms with Crippen molar-refractivity contribution < 1.29 is 14.3 Å². The molecule has 6 nitrogen and oxygen atoms in total. The van der Waals surface area contributed by atoms with Gasteiger partial charge in [0.1, 0.15) is 0 Å². The van der Waals surface area contributed by atoms with Gasteiger partial charge in [-0.1, -0.05) is 15.9 Å². The minimum absolute atomic E-state index is 0.120. The van der Waals surface area contributed by atoms with Crippen LogP contribution in [0.15, 0.2) is 34.8 Å². The van der Waals surface area contributed by atoms with E-state index in [9.17, 15) is 4.79 Å². The molecule has 1 heterocycles. The third-order valence-electron chi connectivity index (χ3n) is 2.43. The third kappa shape index (κ3) is 3.45. The molecular weight excluding hydrogens is 326 g/mol. The number of amides is 1. The van der Waals surface area contributed by atoms with E-state index in [1.54, 1.807) is 24.3 Å². The molecule has 0 saturated carbocycles. The Labute approximate surface area is 124 Å². The first-order chi connectivity index (χ1) is 9.62. The number of benzene rings is 1. The maximum atomic E-state index is 12.0. The van der Waals surface area contributed by atoms with Gasteiger partial charge in [-0.15, -0.1) is 0 Å². The Morgan fingerprint density at radius 2 is 1.65 bits per heavy atom. The number of carbonyl (C=O) groups is 1. The zero-order valence-electron chi connectivity index (χ0n) is 10.9. The lowest BCUT2D eigenvalue weighted by Crippen LogP contribution is -2.14. The molecule has 0 fully saturated rings. The highest BCUT2D eigenvalue weighted by molar-refractivity contribution is 9.10. The zero-order chi connectivity index (χ0) is 14.5. The molecule has 0 unspecified atom stereocenters. The SMILES string of the molecule is COc1cc(OC)nc(NC(=O)c2ccc(Br)cc2)n1. The Bertz CT molecular complexity index is 595. The molecule has 0 radical (unpaired) electrons. The molecule has 0 bridgehead atoms. The molecule has 0 aliphatic rings. The van der Waals surface area contributed by atoms with Crippen molar-refractivity contribution in [2.45, 2.75) is 0 Å². The second-order valence-electron chi connectivity index (χ2n) is 3.74. The van der Waals surface area contributed by atoms with Crippen molar-refractivity contribution in [1.82, 2.24) is 9.97 Å². The molecule has 0 spiro atoms. The fourth-order valence-corrected chi connectivity index (χ4v) is 1.71. The summed E-state index contributed by atoms with van der Waals surface area (Å²) in [6.07, 6.45) is 0. The number of aromatic nitrogens is 2. The van der Waals surface area contributed by atoms with E-state index in [-0.39, 0.29) is 11.9 Å². The molecule has 1 amide bonds. The zero-order valence-corrected chi connectivity index (χ0v) is 12.5. The summed E-state index contributed by atoms with van der Waals surface area (Å²) in [5.74, 6) is 0.424. The van der Waals surface area contributed by atoms with Gasteiger partial charge in [0.2, 0.25) is 17.7 Å². The number of nitrogens with zero attached hydrogens (tertiary/aromatic N) is 2. The molecule has 104 valence electrons. The molecule has 2 aromatic rings. The van der Waals surface area contributed by atoms with Gasteiger partial charge in [-0.05, 0) is 24.3 Å². The summed E-state index contributed by atoms with van der Waals surface area (Å²) >= 11 is 3.31. The van der Waals surface area contributed by atoms with Crippen LogP contribution in [0.3, 0.4) is 0 Å². The molecule has 1 aromatic heterocycles. The van der Waals surface area contributed by atoms with Crippen LogP contribution < -0.4 is 14.8 Å². The number of hydrogen-bond acceptors (Lipinski definition) is 5. The number of ether oxygens (including phenoxy) is 2. The molecule has 1 N–H and O–H groups in total. The van der Waals surface area contributed by atoms with Crippen LogP contribution in [0.25, 0.3) is 0 Å². The molecule has 0 aliphatic heterocycles. The Morgan fingerprint density at radius 3 is 2.15 bits per heavy atom. The summed E-state index contributed by atoms with van der Waals surface area (Å²) in [4.78, 5) is 20.1. The molecule has 0 aliphatic carbocycles. The van der Waals surface area contributed by atoms with Crippen LogP contribution in [0.4, 0.5) is 5.95 Å². The average Bonchev–Trinajstić information content (AvgIpc) is 2.47. The summed E-state index contributed by atoms with van der Waals surface area (Å²) in [5.41, 5.74) is 0.499. The van der Waals surface area contributed by atoms with Crippen molar-refractivity contribution >= 4 is 27.8 Å².